The quantitative estimate of drug-likeness (QED) is 0.425. The van der Waals surface area contributed by atoms with Gasteiger partial charge in [-0.1, -0.05) is 41.4 Å². The van der Waals surface area contributed by atoms with E-state index in [0.717, 1.165) is 30.4 Å². The average Bonchev–Trinajstić information content (AvgIpc) is 2.88. The average molecular weight is 499 g/mol. The number of ether oxygens (including phenoxy) is 2. The number of halogens is 1. The van der Waals surface area contributed by atoms with Gasteiger partial charge in [0.2, 0.25) is 11.8 Å². The molecule has 1 aliphatic carbocycles. The Labute approximate surface area is 213 Å². The minimum atomic E-state index is -0.626. The Bertz CT molecular complexity index is 1040. The summed E-state index contributed by atoms with van der Waals surface area (Å²) in [5.41, 5.74) is 3.10. The summed E-state index contributed by atoms with van der Waals surface area (Å²) < 4.78 is 10.7. The Hall–Kier alpha value is -2.99. The first kappa shape index (κ1) is 26.6. The molecular weight excluding hydrogens is 464 g/mol. The molecule has 0 saturated carbocycles. The number of nitrogens with one attached hydrogen (secondary N) is 1. The fourth-order valence-electron chi connectivity index (χ4n) is 4.26. The molecule has 6 nitrogen and oxygen atoms in total. The van der Waals surface area contributed by atoms with Gasteiger partial charge >= 0.3 is 0 Å². The van der Waals surface area contributed by atoms with Crippen LogP contribution in [0, 0.1) is 0 Å². The smallest absolute Gasteiger partial charge is 0.242 e. The van der Waals surface area contributed by atoms with E-state index in [2.05, 4.69) is 11.4 Å². The highest BCUT2D eigenvalue weighted by atomic mass is 35.5. The van der Waals surface area contributed by atoms with Crippen LogP contribution in [0.3, 0.4) is 0 Å². The van der Waals surface area contributed by atoms with Crippen molar-refractivity contribution in [2.24, 2.45) is 0 Å². The first-order valence-corrected chi connectivity index (χ1v) is 12.5. The number of benzene rings is 2. The van der Waals surface area contributed by atoms with Gasteiger partial charge in [-0.3, -0.25) is 9.59 Å². The van der Waals surface area contributed by atoms with E-state index in [1.807, 2.05) is 18.2 Å². The van der Waals surface area contributed by atoms with Crippen LogP contribution in [-0.2, 0) is 22.6 Å². The number of amides is 2. The standard InChI is InChI=1S/C28H35ClN2O4/c1-20(28(33)30-16-15-21-7-5-4-6-8-21)31(19-22-9-12-24(29)13-10-22)27(32)18-23-11-14-25(34-2)26(17-23)35-3/h7,9-14,17,20H,4-6,8,15-16,18-19H2,1-3H3,(H,30,33)/t20-/m1/s1. The van der Waals surface area contributed by atoms with Crippen molar-refractivity contribution in [3.05, 3.63) is 70.3 Å². The molecule has 35 heavy (non-hydrogen) atoms. The molecule has 0 fully saturated rings. The molecule has 1 aliphatic rings. The van der Waals surface area contributed by atoms with Crippen LogP contribution >= 0.6 is 11.6 Å². The van der Waals surface area contributed by atoms with E-state index < -0.39 is 6.04 Å². The molecule has 0 aliphatic heterocycles. The van der Waals surface area contributed by atoms with Gasteiger partial charge in [0, 0.05) is 18.1 Å². The van der Waals surface area contributed by atoms with Crippen LogP contribution in [0.15, 0.2) is 54.1 Å². The molecule has 0 saturated heterocycles. The lowest BCUT2D eigenvalue weighted by Crippen LogP contribution is -2.48. The molecule has 0 radical (unpaired) electrons. The lowest BCUT2D eigenvalue weighted by molar-refractivity contribution is -0.140. The van der Waals surface area contributed by atoms with Gasteiger partial charge in [-0.15, -0.1) is 0 Å². The number of nitrogens with zero attached hydrogens (tertiary/aromatic N) is 1. The predicted molar refractivity (Wildman–Crippen MR) is 139 cm³/mol. The summed E-state index contributed by atoms with van der Waals surface area (Å²) in [4.78, 5) is 28.1. The summed E-state index contributed by atoms with van der Waals surface area (Å²) in [6.45, 7) is 2.66. The summed E-state index contributed by atoms with van der Waals surface area (Å²) in [6, 6.07) is 12.1. The van der Waals surface area contributed by atoms with Crippen LogP contribution < -0.4 is 14.8 Å². The van der Waals surface area contributed by atoms with Gasteiger partial charge in [-0.25, -0.2) is 0 Å². The Balaban J connectivity index is 1.71. The van der Waals surface area contributed by atoms with Crippen molar-refractivity contribution in [2.45, 2.75) is 58.0 Å². The van der Waals surface area contributed by atoms with E-state index in [4.69, 9.17) is 21.1 Å². The molecule has 0 heterocycles. The molecule has 2 aromatic carbocycles. The third-order valence-corrected chi connectivity index (χ3v) is 6.62. The Morgan fingerprint density at radius 3 is 2.40 bits per heavy atom. The van der Waals surface area contributed by atoms with Crippen LogP contribution in [0.1, 0.15) is 50.2 Å². The van der Waals surface area contributed by atoms with Crippen molar-refractivity contribution in [1.82, 2.24) is 10.2 Å². The maximum atomic E-state index is 13.4. The van der Waals surface area contributed by atoms with E-state index in [9.17, 15) is 9.59 Å². The third-order valence-electron chi connectivity index (χ3n) is 6.37. The van der Waals surface area contributed by atoms with Crippen molar-refractivity contribution in [3.63, 3.8) is 0 Å². The largest absolute Gasteiger partial charge is 0.493 e. The van der Waals surface area contributed by atoms with Crippen LogP contribution in [0.2, 0.25) is 5.02 Å². The molecule has 1 N–H and O–H groups in total. The van der Waals surface area contributed by atoms with E-state index in [1.54, 1.807) is 50.3 Å². The molecular formula is C28H35ClN2O4. The zero-order chi connectivity index (χ0) is 25.2. The number of hydrogen-bond donors (Lipinski definition) is 1. The minimum Gasteiger partial charge on any atom is -0.493 e. The number of hydrogen-bond acceptors (Lipinski definition) is 4. The topological polar surface area (TPSA) is 67.9 Å². The highest BCUT2D eigenvalue weighted by Crippen LogP contribution is 2.28. The molecule has 7 heteroatoms. The second kappa shape index (κ2) is 13.2. The van der Waals surface area contributed by atoms with Crippen LogP contribution in [0.4, 0.5) is 0 Å². The molecule has 0 bridgehead atoms. The Morgan fingerprint density at radius 2 is 1.74 bits per heavy atom. The molecule has 3 rings (SSSR count). The summed E-state index contributed by atoms with van der Waals surface area (Å²) in [5.74, 6) is 0.855. The molecule has 1 atom stereocenters. The summed E-state index contributed by atoms with van der Waals surface area (Å²) >= 11 is 6.03. The molecule has 0 unspecified atom stereocenters. The van der Waals surface area contributed by atoms with Crippen LogP contribution in [-0.4, -0.2) is 43.5 Å². The molecule has 0 spiro atoms. The van der Waals surface area contributed by atoms with Gasteiger partial charge < -0.3 is 19.7 Å². The van der Waals surface area contributed by atoms with E-state index in [1.165, 1.54) is 18.4 Å². The number of allylic oxidation sites excluding steroid dienone is 1. The molecule has 188 valence electrons. The Kier molecular flexibility index (Phi) is 10.0. The predicted octanol–water partition coefficient (Wildman–Crippen LogP) is 5.32. The number of carbonyl (C=O) groups excluding carboxylic acids is 2. The first-order valence-electron chi connectivity index (χ1n) is 12.1. The fourth-order valence-corrected chi connectivity index (χ4v) is 4.39. The minimum absolute atomic E-state index is 0.137. The van der Waals surface area contributed by atoms with Crippen molar-refractivity contribution < 1.29 is 19.1 Å². The van der Waals surface area contributed by atoms with Gasteiger partial charge in [-0.05, 0) is 74.4 Å². The van der Waals surface area contributed by atoms with Gasteiger partial charge in [0.05, 0.1) is 20.6 Å². The Morgan fingerprint density at radius 1 is 1.03 bits per heavy atom. The van der Waals surface area contributed by atoms with Crippen LogP contribution in [0.5, 0.6) is 11.5 Å². The second-order valence-corrected chi connectivity index (χ2v) is 9.28. The van der Waals surface area contributed by atoms with Gasteiger partial charge in [0.1, 0.15) is 6.04 Å². The maximum absolute atomic E-state index is 13.4. The number of rotatable bonds is 11. The maximum Gasteiger partial charge on any atom is 0.242 e. The van der Waals surface area contributed by atoms with E-state index >= 15 is 0 Å². The summed E-state index contributed by atoms with van der Waals surface area (Å²) in [6.07, 6.45) is 7.98. The fraction of sp³-hybridized carbons (Fsp3) is 0.429. The van der Waals surface area contributed by atoms with Crippen molar-refractivity contribution in [1.29, 1.82) is 0 Å². The summed E-state index contributed by atoms with van der Waals surface area (Å²) in [7, 11) is 3.13. The van der Waals surface area contributed by atoms with Crippen molar-refractivity contribution in [2.75, 3.05) is 20.8 Å². The highest BCUT2D eigenvalue weighted by molar-refractivity contribution is 6.30. The number of carbonyl (C=O) groups is 2. The zero-order valence-electron chi connectivity index (χ0n) is 20.8. The molecule has 0 aromatic heterocycles. The second-order valence-electron chi connectivity index (χ2n) is 8.84. The van der Waals surface area contributed by atoms with Gasteiger partial charge in [0.15, 0.2) is 11.5 Å². The monoisotopic (exact) mass is 498 g/mol. The summed E-state index contributed by atoms with van der Waals surface area (Å²) in [5, 5.41) is 3.65. The first-order chi connectivity index (χ1) is 16.9. The van der Waals surface area contributed by atoms with E-state index in [0.29, 0.717) is 29.6 Å². The van der Waals surface area contributed by atoms with Gasteiger partial charge in [-0.2, -0.15) is 0 Å². The van der Waals surface area contributed by atoms with Gasteiger partial charge in [0.25, 0.3) is 0 Å². The molecule has 2 amide bonds. The van der Waals surface area contributed by atoms with E-state index in [-0.39, 0.29) is 18.2 Å². The lowest BCUT2D eigenvalue weighted by atomic mass is 9.97. The normalized spacial score (nSPS) is 14.0. The number of methoxy groups -OCH3 is 2. The van der Waals surface area contributed by atoms with Crippen molar-refractivity contribution >= 4 is 23.4 Å². The lowest BCUT2D eigenvalue weighted by Gasteiger charge is -2.29. The third kappa shape index (κ3) is 7.76. The zero-order valence-corrected chi connectivity index (χ0v) is 21.6. The van der Waals surface area contributed by atoms with Crippen molar-refractivity contribution in [3.8, 4) is 11.5 Å². The highest BCUT2D eigenvalue weighted by Gasteiger charge is 2.26. The SMILES string of the molecule is COc1ccc(CC(=O)N(Cc2ccc(Cl)cc2)[C@H](C)C(=O)NCCC2=CCCCC2)cc1OC. The molecule has 2 aromatic rings. The van der Waals surface area contributed by atoms with Crippen LogP contribution in [0.25, 0.3) is 0 Å².